The standard InChI is InChI=1S/C15H24ClNO2S/c1-15(2,3)17-10-11-8-12(16)14(13(9-11)18-4)19-6-7-20-5/h8-9,17H,6-7,10H2,1-5H3. The number of benzene rings is 1. The minimum absolute atomic E-state index is 0.0627. The Morgan fingerprint density at radius 1 is 1.30 bits per heavy atom. The predicted octanol–water partition coefficient (Wildman–Crippen LogP) is 3.98. The summed E-state index contributed by atoms with van der Waals surface area (Å²) in [5, 5.41) is 4.02. The van der Waals surface area contributed by atoms with Crippen LogP contribution in [0.15, 0.2) is 12.1 Å². The molecule has 0 radical (unpaired) electrons. The molecule has 0 atom stereocenters. The molecule has 20 heavy (non-hydrogen) atoms. The molecule has 0 aliphatic rings. The summed E-state index contributed by atoms with van der Waals surface area (Å²) in [4.78, 5) is 0. The highest BCUT2D eigenvalue weighted by Gasteiger charge is 2.14. The molecule has 5 heteroatoms. The number of hydrogen-bond acceptors (Lipinski definition) is 4. The summed E-state index contributed by atoms with van der Waals surface area (Å²) in [5.41, 5.74) is 1.15. The van der Waals surface area contributed by atoms with Crippen LogP contribution in [0, 0.1) is 0 Å². The van der Waals surface area contributed by atoms with Gasteiger partial charge in [0.2, 0.25) is 0 Å². The lowest BCUT2D eigenvalue weighted by molar-refractivity contribution is 0.313. The highest BCUT2D eigenvalue weighted by molar-refractivity contribution is 7.98. The van der Waals surface area contributed by atoms with Crippen LogP contribution in [-0.4, -0.2) is 31.3 Å². The molecular formula is C15H24ClNO2S. The van der Waals surface area contributed by atoms with Gasteiger partial charge in [-0.1, -0.05) is 11.6 Å². The largest absolute Gasteiger partial charge is 0.493 e. The molecule has 0 aliphatic heterocycles. The second-order valence-electron chi connectivity index (χ2n) is 5.55. The zero-order chi connectivity index (χ0) is 15.2. The van der Waals surface area contributed by atoms with Gasteiger partial charge in [0.25, 0.3) is 0 Å². The van der Waals surface area contributed by atoms with E-state index in [1.54, 1.807) is 18.9 Å². The van der Waals surface area contributed by atoms with Crippen molar-refractivity contribution < 1.29 is 9.47 Å². The number of hydrogen-bond donors (Lipinski definition) is 1. The molecule has 0 heterocycles. The first-order valence-electron chi connectivity index (χ1n) is 6.60. The SMILES string of the molecule is COc1cc(CNC(C)(C)C)cc(Cl)c1OCCSC. The monoisotopic (exact) mass is 317 g/mol. The van der Waals surface area contributed by atoms with E-state index in [9.17, 15) is 0 Å². The molecule has 0 unspecified atom stereocenters. The Labute approximate surface area is 131 Å². The van der Waals surface area contributed by atoms with E-state index in [0.29, 0.717) is 23.1 Å². The lowest BCUT2D eigenvalue weighted by Crippen LogP contribution is -2.35. The van der Waals surface area contributed by atoms with Crippen LogP contribution in [0.2, 0.25) is 5.02 Å². The Kier molecular flexibility index (Phi) is 7.00. The Morgan fingerprint density at radius 3 is 2.55 bits per heavy atom. The van der Waals surface area contributed by atoms with Gasteiger partial charge in [-0.05, 0) is 44.7 Å². The third-order valence-corrected chi connectivity index (χ3v) is 3.50. The van der Waals surface area contributed by atoms with Crippen LogP contribution in [0.5, 0.6) is 11.5 Å². The van der Waals surface area contributed by atoms with E-state index >= 15 is 0 Å². The van der Waals surface area contributed by atoms with Gasteiger partial charge in [0.15, 0.2) is 11.5 Å². The van der Waals surface area contributed by atoms with Crippen molar-refractivity contribution in [3.63, 3.8) is 0 Å². The molecule has 0 amide bonds. The van der Waals surface area contributed by atoms with Crippen LogP contribution in [-0.2, 0) is 6.54 Å². The maximum Gasteiger partial charge on any atom is 0.179 e. The van der Waals surface area contributed by atoms with E-state index in [1.807, 2.05) is 18.4 Å². The summed E-state index contributed by atoms with van der Waals surface area (Å²) in [5.74, 6) is 2.24. The molecule has 0 aliphatic carbocycles. The van der Waals surface area contributed by atoms with Crippen molar-refractivity contribution in [2.24, 2.45) is 0 Å². The molecule has 1 rings (SSSR count). The Morgan fingerprint density at radius 2 is 2.00 bits per heavy atom. The molecule has 0 spiro atoms. The summed E-state index contributed by atoms with van der Waals surface area (Å²) in [6.07, 6.45) is 2.05. The number of methoxy groups -OCH3 is 1. The lowest BCUT2D eigenvalue weighted by atomic mass is 10.1. The average molecular weight is 318 g/mol. The quantitative estimate of drug-likeness (QED) is 0.771. The summed E-state index contributed by atoms with van der Waals surface area (Å²) >= 11 is 8.04. The first-order chi connectivity index (χ1) is 9.37. The van der Waals surface area contributed by atoms with Gasteiger partial charge in [0.1, 0.15) is 0 Å². The van der Waals surface area contributed by atoms with E-state index < -0.39 is 0 Å². The van der Waals surface area contributed by atoms with E-state index in [4.69, 9.17) is 21.1 Å². The Bertz CT molecular complexity index is 433. The number of ether oxygens (including phenoxy) is 2. The Hall–Kier alpha value is -0.580. The summed E-state index contributed by atoms with van der Waals surface area (Å²) in [6.45, 7) is 7.75. The van der Waals surface area contributed by atoms with Crippen molar-refractivity contribution in [3.8, 4) is 11.5 Å². The van der Waals surface area contributed by atoms with Crippen LogP contribution in [0.1, 0.15) is 26.3 Å². The van der Waals surface area contributed by atoms with Gasteiger partial charge in [-0.15, -0.1) is 0 Å². The van der Waals surface area contributed by atoms with Crippen LogP contribution in [0.4, 0.5) is 0 Å². The van der Waals surface area contributed by atoms with Crippen molar-refractivity contribution in [1.29, 1.82) is 0 Å². The first kappa shape index (κ1) is 17.5. The second-order valence-corrected chi connectivity index (χ2v) is 6.95. The van der Waals surface area contributed by atoms with Crippen LogP contribution in [0.25, 0.3) is 0 Å². The molecule has 3 nitrogen and oxygen atoms in total. The molecule has 1 N–H and O–H groups in total. The molecule has 0 bridgehead atoms. The van der Waals surface area contributed by atoms with Gasteiger partial charge < -0.3 is 14.8 Å². The molecular weight excluding hydrogens is 294 g/mol. The summed E-state index contributed by atoms with van der Waals surface area (Å²) in [6, 6.07) is 3.90. The van der Waals surface area contributed by atoms with Crippen LogP contribution >= 0.6 is 23.4 Å². The summed E-state index contributed by atoms with van der Waals surface area (Å²) in [7, 11) is 1.63. The molecule has 1 aromatic rings. The zero-order valence-corrected chi connectivity index (χ0v) is 14.5. The predicted molar refractivity (Wildman–Crippen MR) is 88.5 cm³/mol. The molecule has 1 aromatic carbocycles. The van der Waals surface area contributed by atoms with Crippen molar-refractivity contribution >= 4 is 23.4 Å². The van der Waals surface area contributed by atoms with Gasteiger partial charge in [-0.2, -0.15) is 11.8 Å². The fourth-order valence-corrected chi connectivity index (χ4v) is 2.15. The Balaban J connectivity index is 2.83. The zero-order valence-electron chi connectivity index (χ0n) is 12.9. The van der Waals surface area contributed by atoms with Crippen molar-refractivity contribution in [3.05, 3.63) is 22.7 Å². The van der Waals surface area contributed by atoms with Gasteiger partial charge in [0, 0.05) is 17.8 Å². The maximum atomic E-state index is 6.30. The highest BCUT2D eigenvalue weighted by Crippen LogP contribution is 2.36. The highest BCUT2D eigenvalue weighted by atomic mass is 35.5. The van der Waals surface area contributed by atoms with Crippen molar-refractivity contribution in [2.75, 3.05) is 25.7 Å². The first-order valence-corrected chi connectivity index (χ1v) is 8.37. The minimum Gasteiger partial charge on any atom is -0.493 e. The smallest absolute Gasteiger partial charge is 0.179 e. The van der Waals surface area contributed by atoms with Crippen molar-refractivity contribution in [2.45, 2.75) is 32.9 Å². The van der Waals surface area contributed by atoms with Gasteiger partial charge in [-0.25, -0.2) is 0 Å². The van der Waals surface area contributed by atoms with Crippen LogP contribution in [0.3, 0.4) is 0 Å². The third-order valence-electron chi connectivity index (χ3n) is 2.65. The van der Waals surface area contributed by atoms with Gasteiger partial charge in [0.05, 0.1) is 18.7 Å². The number of halogens is 1. The number of nitrogens with one attached hydrogen (secondary N) is 1. The average Bonchev–Trinajstić information content (AvgIpc) is 2.37. The molecule has 0 aromatic heterocycles. The third kappa shape index (κ3) is 5.81. The molecule has 0 fully saturated rings. The molecule has 0 saturated heterocycles. The maximum absolute atomic E-state index is 6.30. The van der Waals surface area contributed by atoms with E-state index in [1.165, 1.54) is 0 Å². The van der Waals surface area contributed by atoms with Crippen molar-refractivity contribution in [1.82, 2.24) is 5.32 Å². The number of rotatable bonds is 7. The molecule has 114 valence electrons. The lowest BCUT2D eigenvalue weighted by Gasteiger charge is -2.21. The minimum atomic E-state index is 0.0627. The molecule has 0 saturated carbocycles. The van der Waals surface area contributed by atoms with Gasteiger partial charge >= 0.3 is 0 Å². The fraction of sp³-hybridized carbons (Fsp3) is 0.600. The number of thioether (sulfide) groups is 1. The normalized spacial score (nSPS) is 11.5. The topological polar surface area (TPSA) is 30.5 Å². The van der Waals surface area contributed by atoms with Gasteiger partial charge in [-0.3, -0.25) is 0 Å². The van der Waals surface area contributed by atoms with E-state index in [-0.39, 0.29) is 5.54 Å². The van der Waals surface area contributed by atoms with E-state index in [2.05, 4.69) is 26.1 Å². The fourth-order valence-electron chi connectivity index (χ4n) is 1.61. The van der Waals surface area contributed by atoms with E-state index in [0.717, 1.165) is 17.9 Å². The second kappa shape index (κ2) is 8.01. The summed E-state index contributed by atoms with van der Waals surface area (Å²) < 4.78 is 11.1. The van der Waals surface area contributed by atoms with Crippen LogP contribution < -0.4 is 14.8 Å².